The zero-order valence-electron chi connectivity index (χ0n) is 10.4. The Balaban J connectivity index is 2.88. The lowest BCUT2D eigenvalue weighted by Crippen LogP contribution is -2.48. The fourth-order valence-electron chi connectivity index (χ4n) is 1.39. The van der Waals surface area contributed by atoms with Crippen molar-refractivity contribution in [3.05, 3.63) is 22.7 Å². The van der Waals surface area contributed by atoms with Crippen molar-refractivity contribution in [2.75, 3.05) is 20.3 Å². The third-order valence-electron chi connectivity index (χ3n) is 2.74. The summed E-state index contributed by atoms with van der Waals surface area (Å²) in [5, 5.41) is 31.6. The molecule has 0 radical (unpaired) electrons. The van der Waals surface area contributed by atoms with E-state index in [9.17, 15) is 5.11 Å². The number of halogens is 1. The summed E-state index contributed by atoms with van der Waals surface area (Å²) in [6.45, 7) is 1.48. The van der Waals surface area contributed by atoms with Crippen LogP contribution in [0, 0.1) is 0 Å². The number of phenols is 1. The quantitative estimate of drug-likeness (QED) is 0.620. The van der Waals surface area contributed by atoms with E-state index in [1.807, 2.05) is 0 Å². The highest BCUT2D eigenvalue weighted by atomic mass is 35.5. The molecule has 0 heterocycles. The van der Waals surface area contributed by atoms with Crippen LogP contribution in [0.3, 0.4) is 0 Å². The van der Waals surface area contributed by atoms with Gasteiger partial charge >= 0.3 is 0 Å². The van der Waals surface area contributed by atoms with Gasteiger partial charge in [-0.05, 0) is 13.0 Å². The van der Waals surface area contributed by atoms with Crippen LogP contribution in [0.4, 0.5) is 0 Å². The maximum atomic E-state index is 9.91. The highest BCUT2D eigenvalue weighted by molar-refractivity contribution is 6.30. The second-order valence-electron chi connectivity index (χ2n) is 4.35. The van der Waals surface area contributed by atoms with Crippen molar-refractivity contribution in [3.8, 4) is 11.5 Å². The van der Waals surface area contributed by atoms with E-state index in [1.165, 1.54) is 13.2 Å². The van der Waals surface area contributed by atoms with Gasteiger partial charge in [0.15, 0.2) is 11.5 Å². The minimum absolute atomic E-state index is 0.00682. The second kappa shape index (κ2) is 6.24. The summed E-state index contributed by atoms with van der Waals surface area (Å²) in [5.41, 5.74) is -0.283. The van der Waals surface area contributed by atoms with E-state index in [0.717, 1.165) is 0 Å². The number of methoxy groups -OCH3 is 1. The molecule has 0 aliphatic rings. The molecule has 6 heteroatoms. The summed E-state index contributed by atoms with van der Waals surface area (Å²) >= 11 is 5.90. The first-order chi connectivity index (χ1) is 8.45. The summed E-state index contributed by atoms with van der Waals surface area (Å²) in [4.78, 5) is 0. The largest absolute Gasteiger partial charge is 0.504 e. The Kier molecular flexibility index (Phi) is 5.22. The van der Waals surface area contributed by atoms with E-state index < -0.39 is 5.54 Å². The fourth-order valence-corrected chi connectivity index (χ4v) is 1.62. The number of rotatable bonds is 6. The van der Waals surface area contributed by atoms with Crippen molar-refractivity contribution < 1.29 is 20.1 Å². The van der Waals surface area contributed by atoms with E-state index in [0.29, 0.717) is 10.6 Å². The van der Waals surface area contributed by atoms with Gasteiger partial charge in [0.2, 0.25) is 0 Å². The summed E-state index contributed by atoms with van der Waals surface area (Å²) in [5.74, 6) is 0.279. The molecule has 5 nitrogen and oxygen atoms in total. The number of aliphatic hydroxyl groups excluding tert-OH is 2. The van der Waals surface area contributed by atoms with Crippen molar-refractivity contribution >= 4 is 11.6 Å². The van der Waals surface area contributed by atoms with Crippen molar-refractivity contribution in [2.24, 2.45) is 0 Å². The first kappa shape index (κ1) is 15.0. The first-order valence-corrected chi connectivity index (χ1v) is 5.85. The van der Waals surface area contributed by atoms with Crippen LogP contribution in [0.5, 0.6) is 11.5 Å². The van der Waals surface area contributed by atoms with E-state index in [2.05, 4.69) is 5.32 Å². The maximum absolute atomic E-state index is 9.91. The fraction of sp³-hybridized carbons (Fsp3) is 0.500. The van der Waals surface area contributed by atoms with Crippen molar-refractivity contribution in [1.82, 2.24) is 5.32 Å². The molecule has 1 aromatic carbocycles. The standard InChI is InChI=1S/C12H18ClNO4/c1-12(6-15,7-16)14-5-8-3-9(13)4-10(18-2)11(8)17/h3-4,14-17H,5-7H2,1-2H3. The molecule has 0 fully saturated rings. The van der Waals surface area contributed by atoms with Crippen LogP contribution in [0.15, 0.2) is 12.1 Å². The lowest BCUT2D eigenvalue weighted by molar-refractivity contribution is 0.103. The molecule has 0 unspecified atom stereocenters. The van der Waals surface area contributed by atoms with Gasteiger partial charge in [-0.3, -0.25) is 0 Å². The minimum Gasteiger partial charge on any atom is -0.504 e. The van der Waals surface area contributed by atoms with Crippen LogP contribution in [0.25, 0.3) is 0 Å². The van der Waals surface area contributed by atoms with E-state index in [1.54, 1.807) is 13.0 Å². The average Bonchev–Trinajstić information content (AvgIpc) is 2.38. The molecule has 1 aromatic rings. The summed E-state index contributed by atoms with van der Waals surface area (Å²) in [6, 6.07) is 3.11. The topological polar surface area (TPSA) is 82.0 Å². The average molecular weight is 276 g/mol. The van der Waals surface area contributed by atoms with Crippen LogP contribution < -0.4 is 10.1 Å². The highest BCUT2D eigenvalue weighted by Crippen LogP contribution is 2.33. The van der Waals surface area contributed by atoms with Gasteiger partial charge in [-0.15, -0.1) is 0 Å². The minimum atomic E-state index is -0.817. The van der Waals surface area contributed by atoms with Crippen LogP contribution in [-0.4, -0.2) is 41.2 Å². The molecule has 0 aliphatic heterocycles. The first-order valence-electron chi connectivity index (χ1n) is 5.48. The Morgan fingerprint density at radius 3 is 2.44 bits per heavy atom. The zero-order valence-corrected chi connectivity index (χ0v) is 11.2. The third-order valence-corrected chi connectivity index (χ3v) is 2.96. The monoisotopic (exact) mass is 275 g/mol. The van der Waals surface area contributed by atoms with Gasteiger partial charge in [0, 0.05) is 23.2 Å². The smallest absolute Gasteiger partial charge is 0.162 e. The Bertz CT molecular complexity index is 407. The summed E-state index contributed by atoms with van der Waals surface area (Å²) < 4.78 is 4.99. The van der Waals surface area contributed by atoms with Crippen LogP contribution >= 0.6 is 11.6 Å². The molecule has 0 bridgehead atoms. The number of aromatic hydroxyl groups is 1. The molecule has 0 aromatic heterocycles. The van der Waals surface area contributed by atoms with Gasteiger partial charge in [0.25, 0.3) is 0 Å². The Hall–Kier alpha value is -1.01. The molecule has 0 spiro atoms. The highest BCUT2D eigenvalue weighted by Gasteiger charge is 2.22. The number of phenolic OH excluding ortho intramolecular Hbond substituents is 1. The van der Waals surface area contributed by atoms with Gasteiger partial charge in [-0.25, -0.2) is 0 Å². The van der Waals surface area contributed by atoms with Crippen molar-refractivity contribution in [2.45, 2.75) is 19.0 Å². The van der Waals surface area contributed by atoms with E-state index in [-0.39, 0.29) is 31.3 Å². The molecular formula is C12H18ClNO4. The molecule has 1 rings (SSSR count). The molecule has 18 heavy (non-hydrogen) atoms. The van der Waals surface area contributed by atoms with Gasteiger partial charge in [-0.1, -0.05) is 11.6 Å². The lowest BCUT2D eigenvalue weighted by atomic mass is 10.0. The molecule has 0 aliphatic carbocycles. The van der Waals surface area contributed by atoms with Gasteiger partial charge in [0.05, 0.1) is 25.9 Å². The molecular weight excluding hydrogens is 258 g/mol. The predicted octanol–water partition coefficient (Wildman–Crippen LogP) is 0.887. The number of ether oxygens (including phenoxy) is 1. The molecule has 0 saturated heterocycles. The molecule has 0 atom stereocenters. The van der Waals surface area contributed by atoms with E-state index in [4.69, 9.17) is 26.6 Å². The Morgan fingerprint density at radius 1 is 1.33 bits per heavy atom. The normalized spacial score (nSPS) is 11.6. The van der Waals surface area contributed by atoms with Crippen LogP contribution in [0.2, 0.25) is 5.02 Å². The maximum Gasteiger partial charge on any atom is 0.162 e. The molecule has 0 amide bonds. The van der Waals surface area contributed by atoms with E-state index >= 15 is 0 Å². The summed E-state index contributed by atoms with van der Waals surface area (Å²) in [6.07, 6.45) is 0. The third kappa shape index (κ3) is 3.49. The number of benzene rings is 1. The number of aliphatic hydroxyl groups is 2. The predicted molar refractivity (Wildman–Crippen MR) is 69.1 cm³/mol. The number of nitrogens with one attached hydrogen (secondary N) is 1. The van der Waals surface area contributed by atoms with Gasteiger partial charge in [-0.2, -0.15) is 0 Å². The SMILES string of the molecule is COc1cc(Cl)cc(CNC(C)(CO)CO)c1O. The van der Waals surface area contributed by atoms with Crippen LogP contribution in [0.1, 0.15) is 12.5 Å². The molecule has 102 valence electrons. The van der Waals surface area contributed by atoms with Gasteiger partial charge < -0.3 is 25.4 Å². The Labute approximate surface area is 111 Å². The van der Waals surface area contributed by atoms with Crippen molar-refractivity contribution in [3.63, 3.8) is 0 Å². The zero-order chi connectivity index (χ0) is 13.8. The van der Waals surface area contributed by atoms with Gasteiger partial charge in [0.1, 0.15) is 0 Å². The van der Waals surface area contributed by atoms with Crippen LogP contribution in [-0.2, 0) is 6.54 Å². The number of hydrogen-bond acceptors (Lipinski definition) is 5. The number of hydrogen-bond donors (Lipinski definition) is 4. The summed E-state index contributed by atoms with van der Waals surface area (Å²) in [7, 11) is 1.44. The molecule has 0 saturated carbocycles. The second-order valence-corrected chi connectivity index (χ2v) is 4.78. The molecule has 4 N–H and O–H groups in total. The lowest BCUT2D eigenvalue weighted by Gasteiger charge is -2.26. The van der Waals surface area contributed by atoms with Crippen molar-refractivity contribution in [1.29, 1.82) is 0 Å². The Morgan fingerprint density at radius 2 is 1.94 bits per heavy atom.